The average molecular weight is 570 g/mol. The molecule has 0 aromatic heterocycles. The van der Waals surface area contributed by atoms with Gasteiger partial charge in [-0.2, -0.15) is 0 Å². The number of nitrogens with zero attached hydrogens (tertiary/aromatic N) is 2. The molecule has 2 amide bonds. The average Bonchev–Trinajstić information content (AvgIpc) is 2.90. The molecule has 0 fully saturated rings. The SMILES string of the molecule is CCC(C)NC(=O)C(C)N(Cc1ccccc1Cl)C(=O)CN(c1cccc(C)c1)S(=O)(=O)c1ccc(C)cc1. The lowest BCUT2D eigenvalue weighted by Gasteiger charge is -2.32. The molecule has 3 aromatic rings. The first-order valence-electron chi connectivity index (χ1n) is 12.9. The minimum Gasteiger partial charge on any atom is -0.352 e. The van der Waals surface area contributed by atoms with E-state index in [0.717, 1.165) is 21.9 Å². The second-order valence-electron chi connectivity index (χ2n) is 9.77. The van der Waals surface area contributed by atoms with Crippen LogP contribution >= 0.6 is 11.6 Å². The molecule has 2 atom stereocenters. The number of aryl methyl sites for hydroxylation is 2. The van der Waals surface area contributed by atoms with Crippen LogP contribution in [0.15, 0.2) is 77.7 Å². The van der Waals surface area contributed by atoms with Gasteiger partial charge in [0.15, 0.2) is 0 Å². The third-order valence-corrected chi connectivity index (χ3v) is 8.80. The summed E-state index contributed by atoms with van der Waals surface area (Å²) in [4.78, 5) is 28.5. The van der Waals surface area contributed by atoms with Crippen molar-refractivity contribution < 1.29 is 18.0 Å². The number of anilines is 1. The quantitative estimate of drug-likeness (QED) is 0.331. The van der Waals surface area contributed by atoms with E-state index in [-0.39, 0.29) is 23.4 Å². The summed E-state index contributed by atoms with van der Waals surface area (Å²) in [7, 11) is -4.11. The zero-order valence-corrected chi connectivity index (χ0v) is 24.6. The molecule has 208 valence electrons. The van der Waals surface area contributed by atoms with Gasteiger partial charge in [0.25, 0.3) is 10.0 Å². The van der Waals surface area contributed by atoms with E-state index < -0.39 is 28.5 Å². The van der Waals surface area contributed by atoms with Crippen molar-refractivity contribution in [2.75, 3.05) is 10.8 Å². The maximum absolute atomic E-state index is 14.0. The molecule has 0 saturated heterocycles. The summed E-state index contributed by atoms with van der Waals surface area (Å²) in [5.74, 6) is -0.854. The highest BCUT2D eigenvalue weighted by Crippen LogP contribution is 2.26. The number of rotatable bonds is 11. The standard InChI is InChI=1S/C30H36ClN3O4S/c1-6-23(4)32-30(36)24(5)33(19-25-11-7-8-13-28(25)31)29(35)20-34(26-12-9-10-22(3)18-26)39(37,38)27-16-14-21(2)15-17-27/h7-18,23-24H,6,19-20H2,1-5H3,(H,32,36). The number of carbonyl (C=O) groups excluding carboxylic acids is 2. The minimum absolute atomic E-state index is 0.0415. The molecule has 2 unspecified atom stereocenters. The Hall–Kier alpha value is -3.36. The molecule has 0 spiro atoms. The molecule has 1 N–H and O–H groups in total. The molecule has 0 radical (unpaired) electrons. The Morgan fingerprint density at radius 3 is 2.21 bits per heavy atom. The van der Waals surface area contributed by atoms with Crippen molar-refractivity contribution in [1.29, 1.82) is 0 Å². The number of carbonyl (C=O) groups is 2. The second kappa shape index (κ2) is 13.1. The number of nitrogens with one attached hydrogen (secondary N) is 1. The minimum atomic E-state index is -4.11. The number of benzene rings is 3. The van der Waals surface area contributed by atoms with Crippen LogP contribution in [-0.2, 0) is 26.2 Å². The van der Waals surface area contributed by atoms with Gasteiger partial charge >= 0.3 is 0 Å². The van der Waals surface area contributed by atoms with Crippen molar-refractivity contribution in [1.82, 2.24) is 10.2 Å². The van der Waals surface area contributed by atoms with Crippen LogP contribution in [0.1, 0.15) is 43.9 Å². The highest BCUT2D eigenvalue weighted by Gasteiger charge is 2.33. The summed E-state index contributed by atoms with van der Waals surface area (Å²) >= 11 is 6.40. The Morgan fingerprint density at radius 2 is 1.59 bits per heavy atom. The van der Waals surface area contributed by atoms with Gasteiger partial charge in [0, 0.05) is 17.6 Å². The van der Waals surface area contributed by atoms with Crippen LogP contribution in [0.25, 0.3) is 0 Å². The van der Waals surface area contributed by atoms with Gasteiger partial charge in [-0.1, -0.05) is 66.6 Å². The van der Waals surface area contributed by atoms with E-state index in [1.165, 1.54) is 17.0 Å². The zero-order chi connectivity index (χ0) is 28.7. The molecule has 7 nitrogen and oxygen atoms in total. The van der Waals surface area contributed by atoms with Gasteiger partial charge in [-0.15, -0.1) is 0 Å². The molecular formula is C30H36ClN3O4S. The lowest BCUT2D eigenvalue weighted by atomic mass is 10.1. The molecule has 9 heteroatoms. The molecule has 39 heavy (non-hydrogen) atoms. The molecule has 0 aliphatic rings. The highest BCUT2D eigenvalue weighted by atomic mass is 35.5. The van der Waals surface area contributed by atoms with Gasteiger partial charge < -0.3 is 10.2 Å². The van der Waals surface area contributed by atoms with Crippen LogP contribution in [0, 0.1) is 13.8 Å². The molecular weight excluding hydrogens is 534 g/mol. The number of halogens is 1. The van der Waals surface area contributed by atoms with Crippen LogP contribution in [0.3, 0.4) is 0 Å². The van der Waals surface area contributed by atoms with Gasteiger partial charge in [0.05, 0.1) is 10.6 Å². The van der Waals surface area contributed by atoms with Crippen LogP contribution in [0.5, 0.6) is 0 Å². The van der Waals surface area contributed by atoms with Crippen molar-refractivity contribution in [3.63, 3.8) is 0 Å². The van der Waals surface area contributed by atoms with E-state index in [0.29, 0.717) is 16.3 Å². The Morgan fingerprint density at radius 1 is 0.923 bits per heavy atom. The first-order chi connectivity index (χ1) is 18.4. The Bertz CT molecular complexity index is 1410. The van der Waals surface area contributed by atoms with Crippen molar-refractivity contribution in [3.8, 4) is 0 Å². The number of sulfonamides is 1. The van der Waals surface area contributed by atoms with Gasteiger partial charge in [-0.05, 0) is 75.6 Å². The monoisotopic (exact) mass is 569 g/mol. The van der Waals surface area contributed by atoms with E-state index in [9.17, 15) is 18.0 Å². The molecule has 0 heterocycles. The number of hydrogen-bond acceptors (Lipinski definition) is 4. The normalized spacial score (nSPS) is 12.9. The highest BCUT2D eigenvalue weighted by molar-refractivity contribution is 7.92. The summed E-state index contributed by atoms with van der Waals surface area (Å²) < 4.78 is 28.8. The third kappa shape index (κ3) is 7.61. The smallest absolute Gasteiger partial charge is 0.264 e. The van der Waals surface area contributed by atoms with Crippen LogP contribution in [-0.4, -0.2) is 43.8 Å². The van der Waals surface area contributed by atoms with Gasteiger partial charge in [0.1, 0.15) is 12.6 Å². The first-order valence-corrected chi connectivity index (χ1v) is 14.7. The van der Waals surface area contributed by atoms with E-state index in [1.54, 1.807) is 61.5 Å². The first kappa shape index (κ1) is 30.2. The molecule has 3 rings (SSSR count). The summed E-state index contributed by atoms with van der Waals surface area (Å²) in [6.07, 6.45) is 0.729. The Kier molecular flexibility index (Phi) is 10.2. The van der Waals surface area contributed by atoms with E-state index in [4.69, 9.17) is 11.6 Å². The fourth-order valence-corrected chi connectivity index (χ4v) is 5.61. The number of amides is 2. The van der Waals surface area contributed by atoms with Gasteiger partial charge in [0.2, 0.25) is 11.8 Å². The molecule has 0 bridgehead atoms. The van der Waals surface area contributed by atoms with Crippen molar-refractivity contribution in [3.05, 3.63) is 94.5 Å². The van der Waals surface area contributed by atoms with Crippen molar-refractivity contribution in [2.45, 2.75) is 64.6 Å². The van der Waals surface area contributed by atoms with Crippen molar-refractivity contribution in [2.24, 2.45) is 0 Å². The summed E-state index contributed by atoms with van der Waals surface area (Å²) in [6, 6.07) is 19.6. The van der Waals surface area contributed by atoms with Crippen LogP contribution in [0.4, 0.5) is 5.69 Å². The third-order valence-electron chi connectivity index (χ3n) is 6.64. The van der Waals surface area contributed by atoms with Crippen LogP contribution in [0.2, 0.25) is 5.02 Å². The molecule has 3 aromatic carbocycles. The van der Waals surface area contributed by atoms with E-state index in [2.05, 4.69) is 5.32 Å². The number of hydrogen-bond donors (Lipinski definition) is 1. The fraction of sp³-hybridized carbons (Fsp3) is 0.333. The second-order valence-corrected chi connectivity index (χ2v) is 12.0. The largest absolute Gasteiger partial charge is 0.352 e. The fourth-order valence-electron chi connectivity index (χ4n) is 4.01. The lowest BCUT2D eigenvalue weighted by molar-refractivity contribution is -0.139. The van der Waals surface area contributed by atoms with Gasteiger partial charge in [-0.3, -0.25) is 13.9 Å². The Balaban J connectivity index is 2.04. The molecule has 0 saturated carbocycles. The van der Waals surface area contributed by atoms with E-state index >= 15 is 0 Å². The predicted molar refractivity (Wildman–Crippen MR) is 156 cm³/mol. The topological polar surface area (TPSA) is 86.8 Å². The summed E-state index contributed by atoms with van der Waals surface area (Å²) in [5.41, 5.74) is 2.77. The predicted octanol–water partition coefficient (Wildman–Crippen LogP) is 5.48. The van der Waals surface area contributed by atoms with Crippen LogP contribution < -0.4 is 9.62 Å². The Labute approximate surface area is 236 Å². The maximum Gasteiger partial charge on any atom is 0.264 e. The lowest BCUT2D eigenvalue weighted by Crippen LogP contribution is -2.52. The maximum atomic E-state index is 14.0. The van der Waals surface area contributed by atoms with E-state index in [1.807, 2.05) is 33.8 Å². The zero-order valence-electron chi connectivity index (χ0n) is 23.0. The van der Waals surface area contributed by atoms with Crippen molar-refractivity contribution >= 4 is 39.1 Å². The molecule has 0 aliphatic carbocycles. The summed E-state index contributed by atoms with van der Waals surface area (Å²) in [5, 5.41) is 3.37. The summed E-state index contributed by atoms with van der Waals surface area (Å²) in [6.45, 7) is 8.75. The molecule has 0 aliphatic heterocycles. The van der Waals surface area contributed by atoms with Gasteiger partial charge in [-0.25, -0.2) is 8.42 Å².